The third kappa shape index (κ3) is 42.7. The number of carbonyl (C=O) groups is 1. The Kier molecular flexibility index (Phi) is 50.8. The highest BCUT2D eigenvalue weighted by Crippen LogP contribution is 2.23. The molecule has 0 aliphatic carbocycles. The number of carbonyl (C=O) groups excluding carboxylic acids is 1. The van der Waals surface area contributed by atoms with Crippen LogP contribution in [0.3, 0.4) is 0 Å². The normalized spacial score (nSPS) is 19.5. The Morgan fingerprint density at radius 1 is 0.473 bits per heavy atom. The minimum Gasteiger partial charge on any atom is -0.394 e. The second-order valence-corrected chi connectivity index (χ2v) is 21.5. The molecule has 0 bridgehead atoms. The van der Waals surface area contributed by atoms with Crippen LogP contribution in [0.2, 0.25) is 0 Å². The molecule has 1 saturated heterocycles. The number of amides is 1. The number of allylic oxidation sites excluding steroid dienone is 11. The van der Waals surface area contributed by atoms with Gasteiger partial charge in [-0.1, -0.05) is 273 Å². The van der Waals surface area contributed by atoms with Crippen molar-refractivity contribution in [2.75, 3.05) is 13.2 Å². The lowest BCUT2D eigenvalue weighted by molar-refractivity contribution is -0.302. The molecule has 1 heterocycles. The Morgan fingerprint density at radius 3 is 1.30 bits per heavy atom. The van der Waals surface area contributed by atoms with Gasteiger partial charge in [0.25, 0.3) is 0 Å². The number of aliphatic hydroxyl groups is 5. The molecule has 0 aromatic heterocycles. The zero-order valence-corrected chi connectivity index (χ0v) is 47.8. The van der Waals surface area contributed by atoms with Crippen LogP contribution in [0.5, 0.6) is 0 Å². The second kappa shape index (κ2) is 54.0. The fourth-order valence-corrected chi connectivity index (χ4v) is 9.64. The lowest BCUT2D eigenvalue weighted by atomic mass is 9.99. The topological polar surface area (TPSA) is 149 Å². The van der Waals surface area contributed by atoms with E-state index in [4.69, 9.17) is 9.47 Å². The number of rotatable bonds is 53. The van der Waals surface area contributed by atoms with Crippen molar-refractivity contribution in [2.24, 2.45) is 0 Å². The van der Waals surface area contributed by atoms with Crippen LogP contribution in [0.15, 0.2) is 72.9 Å². The van der Waals surface area contributed by atoms with Crippen molar-refractivity contribution in [3.8, 4) is 0 Å². The average molecular weight is 1040 g/mol. The maximum atomic E-state index is 13.1. The van der Waals surface area contributed by atoms with E-state index in [9.17, 15) is 30.3 Å². The van der Waals surface area contributed by atoms with Gasteiger partial charge in [0.2, 0.25) is 5.91 Å². The number of unbranched alkanes of at least 4 members (excludes halogenated alkanes) is 33. The molecule has 0 aromatic carbocycles. The molecule has 9 nitrogen and oxygen atoms in total. The number of aliphatic hydroxyl groups excluding tert-OH is 5. The molecule has 430 valence electrons. The molecule has 0 saturated carbocycles. The van der Waals surface area contributed by atoms with E-state index >= 15 is 0 Å². The smallest absolute Gasteiger partial charge is 0.220 e. The van der Waals surface area contributed by atoms with Gasteiger partial charge >= 0.3 is 0 Å². The van der Waals surface area contributed by atoms with Gasteiger partial charge in [-0.2, -0.15) is 0 Å². The van der Waals surface area contributed by atoms with Crippen LogP contribution in [0.25, 0.3) is 0 Å². The summed E-state index contributed by atoms with van der Waals surface area (Å²) in [6, 6.07) is -0.825. The summed E-state index contributed by atoms with van der Waals surface area (Å²) in [5.41, 5.74) is 0. The van der Waals surface area contributed by atoms with Crippen molar-refractivity contribution >= 4 is 5.91 Å². The molecule has 74 heavy (non-hydrogen) atoms. The summed E-state index contributed by atoms with van der Waals surface area (Å²) < 4.78 is 11.3. The van der Waals surface area contributed by atoms with Crippen LogP contribution < -0.4 is 5.32 Å². The van der Waals surface area contributed by atoms with Crippen molar-refractivity contribution in [1.29, 1.82) is 0 Å². The SMILES string of the molecule is CC/C=C\C/C=C\C/C=C\C/C=C\CCCCCCCCCCCCCCCCCCC(=O)NC(COC1OC(CO)C(O)C(O)C1O)C(O)/C=C/CC/C=C/CCCCCCCCCCCCCCCCCC. The number of ether oxygens (including phenoxy) is 2. The standard InChI is InChI=1S/C65H117NO8/c1-3-5-7-9-11-13-15-17-19-21-23-25-27-28-29-30-31-32-33-35-37-39-41-43-45-47-49-51-53-55-61(69)66-58(57-73-65-64(72)63(71)62(70)60(56-67)74-65)59(68)54-52-50-48-46-44-42-40-38-36-34-26-24-22-20-18-16-14-12-10-8-6-4-2/h5,7,11,13,17,19,23,25,44,46,52,54,58-60,62-65,67-68,70-72H,3-4,6,8-10,12,14-16,18,20-22,24,26-43,45,47-51,53,55-57H2,1-2H3,(H,66,69)/b7-5-,13-11-,19-17-,25-23-,46-44+,54-52+. The van der Waals surface area contributed by atoms with Gasteiger partial charge in [-0.25, -0.2) is 0 Å². The quantitative estimate of drug-likeness (QED) is 0.0261. The van der Waals surface area contributed by atoms with Crippen molar-refractivity contribution in [3.05, 3.63) is 72.9 Å². The summed E-state index contributed by atoms with van der Waals surface area (Å²) in [7, 11) is 0. The maximum absolute atomic E-state index is 13.1. The lowest BCUT2D eigenvalue weighted by Crippen LogP contribution is -2.60. The van der Waals surface area contributed by atoms with E-state index in [2.05, 4.69) is 79.9 Å². The molecule has 0 radical (unpaired) electrons. The molecular formula is C65H117NO8. The van der Waals surface area contributed by atoms with Crippen LogP contribution in [0.4, 0.5) is 0 Å². The summed E-state index contributed by atoms with van der Waals surface area (Å²) in [6.45, 7) is 3.68. The fraction of sp³-hybridized carbons (Fsp3) is 0.800. The van der Waals surface area contributed by atoms with Crippen LogP contribution in [-0.2, 0) is 14.3 Å². The van der Waals surface area contributed by atoms with Gasteiger partial charge in [0.05, 0.1) is 25.4 Å². The summed E-state index contributed by atoms with van der Waals surface area (Å²) in [5, 5.41) is 54.6. The third-order valence-corrected chi connectivity index (χ3v) is 14.5. The van der Waals surface area contributed by atoms with Crippen LogP contribution in [-0.4, -0.2) is 87.5 Å². The highest BCUT2D eigenvalue weighted by Gasteiger charge is 2.44. The van der Waals surface area contributed by atoms with E-state index in [0.29, 0.717) is 6.42 Å². The van der Waals surface area contributed by atoms with E-state index in [-0.39, 0.29) is 12.5 Å². The van der Waals surface area contributed by atoms with E-state index in [1.54, 1.807) is 6.08 Å². The van der Waals surface area contributed by atoms with Crippen LogP contribution in [0, 0.1) is 0 Å². The molecule has 7 atom stereocenters. The van der Waals surface area contributed by atoms with E-state index in [1.807, 2.05) is 6.08 Å². The van der Waals surface area contributed by atoms with Gasteiger partial charge in [-0.05, 0) is 70.6 Å². The molecule has 9 heteroatoms. The van der Waals surface area contributed by atoms with Crippen molar-refractivity contribution in [2.45, 2.75) is 320 Å². The Balaban J connectivity index is 2.20. The Morgan fingerprint density at radius 2 is 0.851 bits per heavy atom. The minimum atomic E-state index is -1.57. The molecule has 1 aliphatic heterocycles. The van der Waals surface area contributed by atoms with E-state index < -0.39 is 49.5 Å². The molecule has 1 fully saturated rings. The summed E-state index contributed by atoms with van der Waals surface area (Å²) in [4.78, 5) is 13.1. The van der Waals surface area contributed by atoms with Gasteiger partial charge in [-0.3, -0.25) is 4.79 Å². The summed E-state index contributed by atoms with van der Waals surface area (Å²) in [5.74, 6) is -0.186. The predicted octanol–water partition coefficient (Wildman–Crippen LogP) is 16.0. The lowest BCUT2D eigenvalue weighted by Gasteiger charge is -2.40. The minimum absolute atomic E-state index is 0.186. The highest BCUT2D eigenvalue weighted by atomic mass is 16.7. The van der Waals surface area contributed by atoms with Crippen molar-refractivity contribution in [3.63, 3.8) is 0 Å². The molecule has 1 aliphatic rings. The highest BCUT2D eigenvalue weighted by molar-refractivity contribution is 5.76. The third-order valence-electron chi connectivity index (χ3n) is 14.5. The van der Waals surface area contributed by atoms with Crippen LogP contribution in [0.1, 0.15) is 277 Å². The number of nitrogens with one attached hydrogen (secondary N) is 1. The first-order chi connectivity index (χ1) is 36.3. The zero-order chi connectivity index (χ0) is 53.6. The largest absolute Gasteiger partial charge is 0.394 e. The monoisotopic (exact) mass is 1040 g/mol. The zero-order valence-electron chi connectivity index (χ0n) is 47.8. The molecule has 0 spiro atoms. The van der Waals surface area contributed by atoms with Crippen LogP contribution >= 0.6 is 0 Å². The maximum Gasteiger partial charge on any atom is 0.220 e. The van der Waals surface area contributed by atoms with Gasteiger partial charge in [-0.15, -0.1) is 0 Å². The van der Waals surface area contributed by atoms with Crippen molar-refractivity contribution in [1.82, 2.24) is 5.32 Å². The Bertz CT molecular complexity index is 1390. The molecular weight excluding hydrogens is 923 g/mol. The molecule has 0 aromatic rings. The van der Waals surface area contributed by atoms with E-state index in [1.165, 1.54) is 193 Å². The van der Waals surface area contributed by atoms with Crippen molar-refractivity contribution < 1.29 is 39.8 Å². The molecule has 1 amide bonds. The number of hydrogen-bond donors (Lipinski definition) is 6. The molecule has 1 rings (SSSR count). The first-order valence-corrected chi connectivity index (χ1v) is 31.2. The van der Waals surface area contributed by atoms with E-state index in [0.717, 1.165) is 64.2 Å². The Labute approximate surface area is 455 Å². The van der Waals surface area contributed by atoms with Gasteiger partial charge in [0.15, 0.2) is 6.29 Å². The molecule has 6 N–H and O–H groups in total. The second-order valence-electron chi connectivity index (χ2n) is 21.5. The van der Waals surface area contributed by atoms with Gasteiger partial charge in [0, 0.05) is 6.42 Å². The summed E-state index contributed by atoms with van der Waals surface area (Å²) in [6.07, 6.45) is 68.4. The fourth-order valence-electron chi connectivity index (χ4n) is 9.64. The first kappa shape index (κ1) is 69.6. The number of hydrogen-bond acceptors (Lipinski definition) is 8. The predicted molar refractivity (Wildman–Crippen MR) is 313 cm³/mol. The first-order valence-electron chi connectivity index (χ1n) is 31.2. The summed E-state index contributed by atoms with van der Waals surface area (Å²) >= 11 is 0. The Hall–Kier alpha value is -2.37. The molecule has 7 unspecified atom stereocenters. The van der Waals surface area contributed by atoms with Gasteiger partial charge in [0.1, 0.15) is 24.4 Å². The average Bonchev–Trinajstić information content (AvgIpc) is 3.40. The van der Waals surface area contributed by atoms with Gasteiger partial charge < -0.3 is 40.3 Å².